The van der Waals surface area contributed by atoms with Gasteiger partial charge < -0.3 is 14.6 Å². The minimum Gasteiger partial charge on any atom is -0.467 e. The molecule has 0 bridgehead atoms. The lowest BCUT2D eigenvalue weighted by atomic mass is 9.95. The SMILES string of the molecule is O=C(NC1CCCCC1)C(c1ccco1)N(Cc1ccc(F)cc1)C(=O)Cc1cccs1. The molecule has 2 amide bonds. The molecule has 1 fully saturated rings. The molecule has 32 heavy (non-hydrogen) atoms. The maximum Gasteiger partial charge on any atom is 0.250 e. The average Bonchev–Trinajstić information content (AvgIpc) is 3.50. The third kappa shape index (κ3) is 5.65. The number of amides is 2. The Labute approximate surface area is 191 Å². The van der Waals surface area contributed by atoms with Gasteiger partial charge in [0.25, 0.3) is 5.91 Å². The monoisotopic (exact) mass is 454 g/mol. The van der Waals surface area contributed by atoms with E-state index in [1.807, 2.05) is 17.5 Å². The van der Waals surface area contributed by atoms with Crippen molar-refractivity contribution in [2.75, 3.05) is 0 Å². The Morgan fingerprint density at radius 1 is 1.09 bits per heavy atom. The van der Waals surface area contributed by atoms with Crippen molar-refractivity contribution < 1.29 is 18.4 Å². The predicted octanol–water partition coefficient (Wildman–Crippen LogP) is 5.24. The smallest absolute Gasteiger partial charge is 0.250 e. The molecule has 5 nitrogen and oxygen atoms in total. The van der Waals surface area contributed by atoms with Crippen molar-refractivity contribution in [2.24, 2.45) is 0 Å². The van der Waals surface area contributed by atoms with Gasteiger partial charge in [-0.2, -0.15) is 0 Å². The molecule has 168 valence electrons. The normalized spacial score (nSPS) is 15.3. The van der Waals surface area contributed by atoms with E-state index >= 15 is 0 Å². The number of thiophene rings is 1. The van der Waals surface area contributed by atoms with Gasteiger partial charge >= 0.3 is 0 Å². The highest BCUT2D eigenvalue weighted by atomic mass is 32.1. The summed E-state index contributed by atoms with van der Waals surface area (Å²) in [6.07, 6.45) is 6.95. The molecule has 1 aliphatic carbocycles. The maximum atomic E-state index is 13.5. The highest BCUT2D eigenvalue weighted by Gasteiger charge is 2.35. The number of halogens is 1. The minimum atomic E-state index is -0.899. The van der Waals surface area contributed by atoms with E-state index in [-0.39, 0.29) is 36.6 Å². The summed E-state index contributed by atoms with van der Waals surface area (Å²) < 4.78 is 19.1. The zero-order chi connectivity index (χ0) is 22.3. The van der Waals surface area contributed by atoms with Crippen LogP contribution >= 0.6 is 11.3 Å². The molecule has 1 N–H and O–H groups in total. The largest absolute Gasteiger partial charge is 0.467 e. The molecule has 1 saturated carbocycles. The number of nitrogens with zero attached hydrogens (tertiary/aromatic N) is 1. The van der Waals surface area contributed by atoms with Crippen LogP contribution in [0.25, 0.3) is 0 Å². The number of furan rings is 1. The maximum absolute atomic E-state index is 13.5. The molecule has 1 atom stereocenters. The van der Waals surface area contributed by atoms with Crippen molar-refractivity contribution in [3.63, 3.8) is 0 Å². The Bertz CT molecular complexity index is 997. The Kier molecular flexibility index (Phi) is 7.37. The fraction of sp³-hybridized carbons (Fsp3) is 0.360. The molecular formula is C25H27FN2O3S. The van der Waals surface area contributed by atoms with Gasteiger partial charge in [0.05, 0.1) is 12.7 Å². The predicted molar refractivity (Wildman–Crippen MR) is 121 cm³/mol. The number of hydrogen-bond donors (Lipinski definition) is 1. The van der Waals surface area contributed by atoms with Crippen LogP contribution in [-0.4, -0.2) is 22.8 Å². The Morgan fingerprint density at radius 2 is 1.88 bits per heavy atom. The summed E-state index contributed by atoms with van der Waals surface area (Å²) in [7, 11) is 0. The number of carbonyl (C=O) groups excluding carboxylic acids is 2. The van der Waals surface area contributed by atoms with Crippen LogP contribution in [0.2, 0.25) is 0 Å². The van der Waals surface area contributed by atoms with Crippen LogP contribution in [0, 0.1) is 5.82 Å². The van der Waals surface area contributed by atoms with Crippen molar-refractivity contribution in [3.05, 3.63) is 82.2 Å². The molecule has 0 saturated heterocycles. The van der Waals surface area contributed by atoms with E-state index in [0.29, 0.717) is 5.76 Å². The van der Waals surface area contributed by atoms with Crippen LogP contribution in [0.4, 0.5) is 4.39 Å². The Balaban J connectivity index is 1.63. The average molecular weight is 455 g/mol. The number of rotatable bonds is 8. The van der Waals surface area contributed by atoms with Crippen LogP contribution in [0.1, 0.15) is 54.3 Å². The lowest BCUT2D eigenvalue weighted by molar-refractivity contribution is -0.142. The first kappa shape index (κ1) is 22.3. The van der Waals surface area contributed by atoms with Crippen LogP contribution < -0.4 is 5.32 Å². The van der Waals surface area contributed by atoms with Gasteiger partial charge in [-0.05, 0) is 54.1 Å². The summed E-state index contributed by atoms with van der Waals surface area (Å²) in [5, 5.41) is 5.07. The van der Waals surface area contributed by atoms with Gasteiger partial charge in [0.15, 0.2) is 6.04 Å². The molecular weight excluding hydrogens is 427 g/mol. The molecule has 2 heterocycles. The molecule has 0 aliphatic heterocycles. The molecule has 0 spiro atoms. The van der Waals surface area contributed by atoms with E-state index in [9.17, 15) is 14.0 Å². The fourth-order valence-electron chi connectivity index (χ4n) is 4.17. The summed E-state index contributed by atoms with van der Waals surface area (Å²) in [4.78, 5) is 29.4. The van der Waals surface area contributed by atoms with E-state index < -0.39 is 6.04 Å². The van der Waals surface area contributed by atoms with Gasteiger partial charge in [-0.3, -0.25) is 9.59 Å². The van der Waals surface area contributed by atoms with Gasteiger partial charge in [0, 0.05) is 17.5 Å². The molecule has 1 unspecified atom stereocenters. The van der Waals surface area contributed by atoms with E-state index in [1.165, 1.54) is 36.2 Å². The van der Waals surface area contributed by atoms with Crippen molar-refractivity contribution >= 4 is 23.2 Å². The Morgan fingerprint density at radius 3 is 2.53 bits per heavy atom. The van der Waals surface area contributed by atoms with E-state index in [0.717, 1.165) is 36.1 Å². The summed E-state index contributed by atoms with van der Waals surface area (Å²) in [6.45, 7) is 0.175. The topological polar surface area (TPSA) is 62.6 Å². The second-order valence-corrected chi connectivity index (χ2v) is 9.20. The van der Waals surface area contributed by atoms with Crippen LogP contribution in [-0.2, 0) is 22.6 Å². The first-order valence-electron chi connectivity index (χ1n) is 11.0. The number of benzene rings is 1. The van der Waals surface area contributed by atoms with Crippen LogP contribution in [0.3, 0.4) is 0 Å². The molecule has 3 aromatic rings. The molecule has 4 rings (SSSR count). The molecule has 7 heteroatoms. The molecule has 0 radical (unpaired) electrons. The van der Waals surface area contributed by atoms with Crippen LogP contribution in [0.15, 0.2) is 64.6 Å². The first-order valence-corrected chi connectivity index (χ1v) is 11.9. The number of carbonyl (C=O) groups is 2. The third-order valence-electron chi connectivity index (χ3n) is 5.82. The first-order chi connectivity index (χ1) is 15.6. The van der Waals surface area contributed by atoms with Gasteiger partial charge in [0.1, 0.15) is 11.6 Å². The van der Waals surface area contributed by atoms with Gasteiger partial charge in [0.2, 0.25) is 5.91 Å². The molecule has 1 aliphatic rings. The van der Waals surface area contributed by atoms with Crippen molar-refractivity contribution in [3.8, 4) is 0 Å². The minimum absolute atomic E-state index is 0.105. The zero-order valence-electron chi connectivity index (χ0n) is 17.8. The quantitative estimate of drug-likeness (QED) is 0.506. The summed E-state index contributed by atoms with van der Waals surface area (Å²) in [6, 6.07) is 12.5. The fourth-order valence-corrected chi connectivity index (χ4v) is 4.87. The lowest BCUT2D eigenvalue weighted by Gasteiger charge is -2.32. The summed E-state index contributed by atoms with van der Waals surface area (Å²) in [5.41, 5.74) is 0.743. The van der Waals surface area contributed by atoms with Gasteiger partial charge in [-0.15, -0.1) is 11.3 Å². The number of hydrogen-bond acceptors (Lipinski definition) is 4. The van der Waals surface area contributed by atoms with Crippen LogP contribution in [0.5, 0.6) is 0 Å². The Hall–Kier alpha value is -2.93. The van der Waals surface area contributed by atoms with E-state index in [2.05, 4.69) is 5.32 Å². The van der Waals surface area contributed by atoms with E-state index in [1.54, 1.807) is 29.2 Å². The van der Waals surface area contributed by atoms with Gasteiger partial charge in [-0.1, -0.05) is 37.5 Å². The third-order valence-corrected chi connectivity index (χ3v) is 6.69. The van der Waals surface area contributed by atoms with Crippen molar-refractivity contribution in [2.45, 2.75) is 57.2 Å². The van der Waals surface area contributed by atoms with Gasteiger partial charge in [-0.25, -0.2) is 4.39 Å². The second kappa shape index (κ2) is 10.6. The standard InChI is InChI=1S/C25H27FN2O3S/c26-19-12-10-18(11-13-19)17-28(23(29)16-21-8-5-15-32-21)24(22-9-4-14-31-22)25(30)27-20-6-2-1-3-7-20/h4-5,8-15,20,24H,1-3,6-7,16-17H2,(H,27,30). The van der Waals surface area contributed by atoms with Crippen molar-refractivity contribution in [1.82, 2.24) is 10.2 Å². The second-order valence-electron chi connectivity index (χ2n) is 8.17. The highest BCUT2D eigenvalue weighted by molar-refractivity contribution is 7.10. The van der Waals surface area contributed by atoms with E-state index in [4.69, 9.17) is 4.42 Å². The molecule has 2 aromatic heterocycles. The lowest BCUT2D eigenvalue weighted by Crippen LogP contribution is -2.47. The number of nitrogens with one attached hydrogen (secondary N) is 1. The summed E-state index contributed by atoms with van der Waals surface area (Å²) in [5.74, 6) is -0.353. The summed E-state index contributed by atoms with van der Waals surface area (Å²) >= 11 is 1.50. The molecule has 1 aromatic carbocycles. The van der Waals surface area contributed by atoms with Crippen molar-refractivity contribution in [1.29, 1.82) is 0 Å². The highest BCUT2D eigenvalue weighted by Crippen LogP contribution is 2.27. The zero-order valence-corrected chi connectivity index (χ0v) is 18.7.